The maximum atomic E-state index is 6.37. The van der Waals surface area contributed by atoms with Crippen molar-refractivity contribution in [2.24, 2.45) is 0 Å². The lowest BCUT2D eigenvalue weighted by Crippen LogP contribution is -2.14. The molecule has 0 fully saturated rings. The molecular weight excluding hydrogens is 1750 g/mol. The van der Waals surface area contributed by atoms with E-state index in [1.165, 1.54) is 87.5 Å². The molecule has 0 unspecified atom stereocenters. The lowest BCUT2D eigenvalue weighted by molar-refractivity contribution is 0.653. The molecule has 143 heavy (non-hydrogen) atoms. The Labute approximate surface area is 816 Å². The first kappa shape index (κ1) is 81.0. The molecule has 19 aromatic carbocycles. The van der Waals surface area contributed by atoms with Crippen LogP contribution in [0.1, 0.15) is 25.0 Å². The van der Waals surface area contributed by atoms with Gasteiger partial charge in [0, 0.05) is 126 Å². The number of rotatable bonds is 10. The van der Waals surface area contributed by atoms with Crippen LogP contribution in [0.4, 0.5) is 0 Å². The summed E-state index contributed by atoms with van der Waals surface area (Å²) in [6, 6.07) is 157. The zero-order valence-corrected chi connectivity index (χ0v) is 77.3. The normalized spacial score (nSPS) is 12.5. The number of hydrogen-bond acceptors (Lipinski definition) is 10. The van der Waals surface area contributed by atoms with Gasteiger partial charge in [-0.1, -0.05) is 347 Å². The van der Waals surface area contributed by atoms with E-state index in [0.29, 0.717) is 34.6 Å². The highest BCUT2D eigenvalue weighted by Gasteiger charge is 2.38. The van der Waals surface area contributed by atoms with Crippen LogP contribution in [0.3, 0.4) is 0 Å². The van der Waals surface area contributed by atoms with Gasteiger partial charge in [-0.2, -0.15) is 15.0 Å². The molecule has 0 aliphatic heterocycles. The zero-order valence-electron chi connectivity index (χ0n) is 77.3. The van der Waals surface area contributed by atoms with Gasteiger partial charge in [-0.15, -0.1) is 0 Å². The van der Waals surface area contributed by atoms with Crippen LogP contribution in [0.25, 0.3) is 277 Å². The fourth-order valence-corrected chi connectivity index (χ4v) is 22.7. The number of hydrogen-bond donors (Lipinski definition) is 0. The number of aromatic nitrogens is 10. The van der Waals surface area contributed by atoms with Gasteiger partial charge in [0.1, 0.15) is 27.9 Å². The van der Waals surface area contributed by atoms with Crippen LogP contribution >= 0.6 is 0 Å². The maximum Gasteiger partial charge on any atom is 0.231 e. The Morgan fingerprint density at radius 1 is 0.203 bits per heavy atom. The first-order valence-corrected chi connectivity index (χ1v) is 48.3. The van der Waals surface area contributed by atoms with E-state index in [1.807, 2.05) is 127 Å². The third kappa shape index (κ3) is 12.6. The van der Waals surface area contributed by atoms with Crippen LogP contribution in [-0.2, 0) is 5.41 Å². The van der Waals surface area contributed by atoms with Crippen molar-refractivity contribution in [1.29, 1.82) is 0 Å². The van der Waals surface area contributed by atoms with Crippen LogP contribution in [0.2, 0.25) is 0 Å². The van der Waals surface area contributed by atoms with Gasteiger partial charge in [-0.25, -0.2) is 15.0 Å². The molecule has 11 heterocycles. The van der Waals surface area contributed by atoms with Gasteiger partial charge in [0.25, 0.3) is 0 Å². The second-order valence-electron chi connectivity index (χ2n) is 37.3. The van der Waals surface area contributed by atoms with E-state index in [0.717, 1.165) is 166 Å². The van der Waals surface area contributed by atoms with Crippen molar-refractivity contribution >= 4 is 175 Å². The van der Waals surface area contributed by atoms with E-state index in [2.05, 4.69) is 354 Å². The lowest BCUT2D eigenvalue weighted by atomic mass is 9.82. The van der Waals surface area contributed by atoms with Crippen LogP contribution in [0, 0.1) is 0 Å². The van der Waals surface area contributed by atoms with Crippen LogP contribution in [0.15, 0.2) is 467 Å². The molecule has 0 bridgehead atoms. The minimum atomic E-state index is -0.0904. The number of para-hydroxylation sites is 10. The Bertz CT molecular complexity index is 10500. The van der Waals surface area contributed by atoms with Crippen molar-refractivity contribution in [3.8, 4) is 102 Å². The molecule has 14 heteroatoms. The fraction of sp³-hybridized carbons (Fsp3) is 0.0233. The molecule has 0 saturated heterocycles. The second-order valence-corrected chi connectivity index (χ2v) is 37.3. The molecule has 0 spiro atoms. The predicted octanol–water partition coefficient (Wildman–Crippen LogP) is 33.7. The van der Waals surface area contributed by atoms with E-state index in [1.54, 1.807) is 0 Å². The van der Waals surface area contributed by atoms with E-state index in [4.69, 9.17) is 47.6 Å². The van der Waals surface area contributed by atoms with Crippen molar-refractivity contribution in [3.63, 3.8) is 0 Å². The number of benzene rings is 19. The summed E-state index contributed by atoms with van der Waals surface area (Å²) < 4.78 is 35.0. The Morgan fingerprint density at radius 2 is 0.559 bits per heavy atom. The molecule has 0 radical (unpaired) electrons. The summed E-state index contributed by atoms with van der Waals surface area (Å²) in [5.41, 5.74) is 33.0. The molecule has 30 aromatic rings. The van der Waals surface area contributed by atoms with Gasteiger partial charge in [-0.3, -0.25) is 0 Å². The topological polar surface area (TPSA) is 150 Å². The number of furan rings is 4. The van der Waals surface area contributed by atoms with E-state index >= 15 is 0 Å². The summed E-state index contributed by atoms with van der Waals surface area (Å²) in [4.78, 5) is 31.0. The molecule has 0 amide bonds. The Hall–Kier alpha value is -19.2. The van der Waals surface area contributed by atoms with Gasteiger partial charge in [-0.05, 0) is 132 Å². The highest BCUT2D eigenvalue weighted by Crippen LogP contribution is 2.55. The molecule has 0 N–H and O–H groups in total. The molecule has 670 valence electrons. The Balaban J connectivity index is 0.000000102. The fourth-order valence-electron chi connectivity index (χ4n) is 22.7. The highest BCUT2D eigenvalue weighted by molar-refractivity contribution is 6.28. The Kier molecular flexibility index (Phi) is 18.1. The standard InChI is InChI=1S/C46H28N4O.C43H29N3O.C40H23N3O2/c1-3-14-29(15-4-1)43-42-36-22-9-12-25-40(36)51-46(42)48-45(47-43)30-16-13-19-32(28-30)50-37-23-10-7-20-33(37)34-26-27-39-41(44(34)50)35-21-8-11-24-38(35)49(39)31-17-5-2-6-18-31;1-43(2)33-20-9-6-18-31(33)37-34(43)24-23-30-29-17-7-10-21-35(29)46(40(30)37)28-16-12-15-27(25-28)41-44-39(26-13-4-3-5-14-26)38-32-19-8-11-22-36(32)47-42(38)45-41;1-2-12-24(13-3-1)37-36-29-17-7-11-21-33(29)45-40(36)42-39(41-37)27-15-5-9-19-31(27)43-30-18-8-4-14-25(30)26-22-23-34-35(38(26)43)28-16-6-10-20-32(28)44-34/h1-28H;3-25H,1-2H3;1-23H. The van der Waals surface area contributed by atoms with Crippen LogP contribution in [0.5, 0.6) is 0 Å². The summed E-state index contributed by atoms with van der Waals surface area (Å²) in [7, 11) is 0. The Morgan fingerprint density at radius 3 is 1.08 bits per heavy atom. The third-order valence-electron chi connectivity index (χ3n) is 29.0. The summed E-state index contributed by atoms with van der Waals surface area (Å²) in [6.45, 7) is 4.68. The molecular formula is C129H80N10O4. The molecule has 1 aliphatic rings. The average molecular weight is 1830 g/mol. The minimum absolute atomic E-state index is 0.0904. The molecule has 14 nitrogen and oxygen atoms in total. The van der Waals surface area contributed by atoms with Crippen molar-refractivity contribution in [2.45, 2.75) is 19.3 Å². The van der Waals surface area contributed by atoms with E-state index in [-0.39, 0.29) is 5.41 Å². The van der Waals surface area contributed by atoms with Crippen molar-refractivity contribution in [1.82, 2.24) is 48.2 Å². The summed E-state index contributed by atoms with van der Waals surface area (Å²) in [5, 5.41) is 17.7. The third-order valence-corrected chi connectivity index (χ3v) is 29.0. The first-order chi connectivity index (χ1) is 70.7. The van der Waals surface area contributed by atoms with Crippen molar-refractivity contribution in [3.05, 3.63) is 460 Å². The summed E-state index contributed by atoms with van der Waals surface area (Å²) in [6.07, 6.45) is 0. The second kappa shape index (κ2) is 32.0. The molecule has 11 aromatic heterocycles. The monoisotopic (exact) mass is 1830 g/mol. The van der Waals surface area contributed by atoms with Gasteiger partial charge < -0.3 is 35.9 Å². The van der Waals surface area contributed by atoms with Crippen molar-refractivity contribution < 1.29 is 17.7 Å². The first-order valence-electron chi connectivity index (χ1n) is 48.3. The number of nitrogens with zero attached hydrogens (tertiary/aromatic N) is 10. The van der Waals surface area contributed by atoms with Gasteiger partial charge in [0.05, 0.1) is 88.4 Å². The predicted molar refractivity (Wildman–Crippen MR) is 583 cm³/mol. The smallest absolute Gasteiger partial charge is 0.231 e. The molecule has 31 rings (SSSR count). The summed E-state index contributed by atoms with van der Waals surface area (Å²) in [5.74, 6) is 1.86. The van der Waals surface area contributed by atoms with E-state index in [9.17, 15) is 0 Å². The highest BCUT2D eigenvalue weighted by atomic mass is 16.3. The van der Waals surface area contributed by atoms with Crippen molar-refractivity contribution in [2.75, 3.05) is 0 Å². The minimum Gasteiger partial charge on any atom is -0.456 e. The average Bonchev–Trinajstić information content (AvgIpc) is 1.55. The van der Waals surface area contributed by atoms with Gasteiger partial charge in [0.2, 0.25) is 17.1 Å². The molecule has 0 atom stereocenters. The maximum absolute atomic E-state index is 6.37. The van der Waals surface area contributed by atoms with Gasteiger partial charge >= 0.3 is 0 Å². The van der Waals surface area contributed by atoms with Crippen LogP contribution < -0.4 is 0 Å². The number of fused-ring (bicyclic) bond motifs is 30. The lowest BCUT2D eigenvalue weighted by Gasteiger charge is -2.21. The van der Waals surface area contributed by atoms with Crippen LogP contribution in [-0.4, -0.2) is 48.2 Å². The SMILES string of the molecule is CC1(C)c2ccccc2-c2c1ccc1c3ccccc3n(-c3cccc(-c4nc(-c5ccccc5)c5c(n4)oc4ccccc45)c3)c21.c1ccc(-c2nc(-c3cccc(-n4c5ccccc5c5ccc6c(c7ccccc7n6-c6ccccc6)c54)c3)nc3oc4ccccc4c23)cc1.c1ccc(-c2nc(-c3ccccc3-n3c4ccccc4c4ccc5oc6ccccc6c5c43)nc3oc4ccccc4c23)cc1. The summed E-state index contributed by atoms with van der Waals surface area (Å²) >= 11 is 0. The quantitative estimate of drug-likeness (QED) is 0.129. The largest absolute Gasteiger partial charge is 0.456 e. The molecule has 1 aliphatic carbocycles. The zero-order chi connectivity index (χ0) is 94.2. The van der Waals surface area contributed by atoms with Gasteiger partial charge in [0.15, 0.2) is 17.5 Å². The molecule has 0 saturated carbocycles. The van der Waals surface area contributed by atoms with E-state index < -0.39 is 0 Å².